The van der Waals surface area contributed by atoms with E-state index in [1.807, 2.05) is 0 Å². The number of nitrogens with zero attached hydrogens (tertiary/aromatic N) is 2. The van der Waals surface area contributed by atoms with E-state index < -0.39 is 11.6 Å². The highest BCUT2D eigenvalue weighted by Gasteiger charge is 2.47. The molecule has 2 N–H and O–H groups in total. The fourth-order valence-corrected chi connectivity index (χ4v) is 3.68. The highest BCUT2D eigenvalue weighted by atomic mass is 16.4. The highest BCUT2D eigenvalue weighted by molar-refractivity contribution is 6.09. The molecule has 0 bridgehead atoms. The summed E-state index contributed by atoms with van der Waals surface area (Å²) in [5, 5.41) is 12.0. The Balaban J connectivity index is 1.69. The van der Waals surface area contributed by atoms with Gasteiger partial charge in [0.2, 0.25) is 0 Å². The number of hydrogen-bond donors (Lipinski definition) is 2. The molecule has 21 heavy (non-hydrogen) atoms. The average Bonchev–Trinajstić information content (AvgIpc) is 2.77. The van der Waals surface area contributed by atoms with E-state index in [0.717, 1.165) is 24.6 Å². The number of rotatable bonds is 1. The highest BCUT2D eigenvalue weighted by Crippen LogP contribution is 2.35. The quantitative estimate of drug-likeness (QED) is 0.774. The van der Waals surface area contributed by atoms with Crippen LogP contribution in [0.15, 0.2) is 4.99 Å². The number of aliphatic imine (C=N–C) groups is 1. The van der Waals surface area contributed by atoms with E-state index in [0.29, 0.717) is 31.8 Å². The summed E-state index contributed by atoms with van der Waals surface area (Å²) in [6.45, 7) is 3.05. The van der Waals surface area contributed by atoms with Crippen molar-refractivity contribution in [3.8, 4) is 0 Å². The number of hydrogen-bond acceptors (Lipinski definition) is 3. The average molecular weight is 293 g/mol. The van der Waals surface area contributed by atoms with Gasteiger partial charge in [0.05, 0.1) is 0 Å². The van der Waals surface area contributed by atoms with Crippen molar-refractivity contribution in [3.05, 3.63) is 0 Å². The van der Waals surface area contributed by atoms with Gasteiger partial charge in [0.1, 0.15) is 11.4 Å². The number of carboxylic acid groups (broad SMARTS) is 1. The predicted octanol–water partition coefficient (Wildman–Crippen LogP) is 1.85. The molecule has 1 saturated carbocycles. The molecule has 1 spiro atoms. The number of amidine groups is 1. The van der Waals surface area contributed by atoms with Gasteiger partial charge in [-0.15, -0.1) is 0 Å². The molecule has 1 aliphatic carbocycles. The number of carbonyl (C=O) groups excluding carboxylic acids is 1. The lowest BCUT2D eigenvalue weighted by Crippen LogP contribution is -2.50. The molecule has 0 unspecified atom stereocenters. The molecule has 0 aromatic heterocycles. The van der Waals surface area contributed by atoms with E-state index in [2.05, 4.69) is 12.2 Å². The first-order valence-corrected chi connectivity index (χ1v) is 7.89. The fraction of sp³-hybridized carbons (Fsp3) is 0.800. The largest absolute Gasteiger partial charge is 0.465 e. The predicted molar refractivity (Wildman–Crippen MR) is 78.3 cm³/mol. The summed E-state index contributed by atoms with van der Waals surface area (Å²) < 4.78 is 0. The van der Waals surface area contributed by atoms with E-state index >= 15 is 0 Å². The van der Waals surface area contributed by atoms with Crippen molar-refractivity contribution in [2.75, 3.05) is 13.1 Å². The first-order chi connectivity index (χ1) is 10.00. The second-order valence-electron chi connectivity index (χ2n) is 6.71. The van der Waals surface area contributed by atoms with Gasteiger partial charge in [-0.3, -0.25) is 9.79 Å². The Labute approximate surface area is 124 Å². The van der Waals surface area contributed by atoms with Crippen LogP contribution in [0.2, 0.25) is 0 Å². The number of piperidine rings is 1. The summed E-state index contributed by atoms with van der Waals surface area (Å²) in [5.74, 6) is 1.98. The van der Waals surface area contributed by atoms with Crippen LogP contribution in [0.5, 0.6) is 0 Å². The van der Waals surface area contributed by atoms with Crippen molar-refractivity contribution in [1.29, 1.82) is 0 Å². The molecule has 2 heterocycles. The molecule has 2 fully saturated rings. The monoisotopic (exact) mass is 293 g/mol. The van der Waals surface area contributed by atoms with Crippen LogP contribution in [0.3, 0.4) is 0 Å². The van der Waals surface area contributed by atoms with Gasteiger partial charge in [-0.25, -0.2) is 4.79 Å². The maximum atomic E-state index is 12.4. The molecule has 0 atom stereocenters. The standard InChI is InChI=1S/C15H23N3O3/c1-10-2-4-11(5-3-10)12-16-13(19)15(17-12)6-8-18(9-7-15)14(20)21/h10-11H,2-9H2,1H3,(H,20,21)(H,16,17,19). The topological polar surface area (TPSA) is 82.0 Å². The van der Waals surface area contributed by atoms with E-state index in [4.69, 9.17) is 10.1 Å². The number of likely N-dealkylation sites (tertiary alicyclic amines) is 1. The van der Waals surface area contributed by atoms with Crippen LogP contribution in [-0.2, 0) is 4.79 Å². The third-order valence-electron chi connectivity index (χ3n) is 5.26. The van der Waals surface area contributed by atoms with E-state index in [1.54, 1.807) is 0 Å². The second-order valence-corrected chi connectivity index (χ2v) is 6.71. The van der Waals surface area contributed by atoms with Gasteiger partial charge in [0.25, 0.3) is 5.91 Å². The SMILES string of the molecule is CC1CCC(C2=NC3(CCN(C(=O)O)CC3)C(=O)N2)CC1. The first kappa shape index (κ1) is 14.4. The lowest BCUT2D eigenvalue weighted by atomic mass is 9.82. The van der Waals surface area contributed by atoms with Crippen molar-refractivity contribution >= 4 is 17.8 Å². The van der Waals surface area contributed by atoms with Crippen LogP contribution in [0.25, 0.3) is 0 Å². The minimum Gasteiger partial charge on any atom is -0.465 e. The summed E-state index contributed by atoms with van der Waals surface area (Å²) in [4.78, 5) is 29.4. The summed E-state index contributed by atoms with van der Waals surface area (Å²) in [6, 6.07) is 0. The molecule has 116 valence electrons. The van der Waals surface area contributed by atoms with Crippen molar-refractivity contribution in [2.24, 2.45) is 16.8 Å². The van der Waals surface area contributed by atoms with E-state index in [9.17, 15) is 9.59 Å². The molecule has 6 nitrogen and oxygen atoms in total. The van der Waals surface area contributed by atoms with Crippen LogP contribution >= 0.6 is 0 Å². The molecule has 0 radical (unpaired) electrons. The Hall–Kier alpha value is -1.59. The van der Waals surface area contributed by atoms with Crippen LogP contribution in [0.1, 0.15) is 45.4 Å². The van der Waals surface area contributed by atoms with Gasteiger partial charge in [-0.1, -0.05) is 19.8 Å². The Kier molecular flexibility index (Phi) is 3.63. The van der Waals surface area contributed by atoms with Gasteiger partial charge in [0, 0.05) is 19.0 Å². The Bertz CT molecular complexity index is 473. The Morgan fingerprint density at radius 1 is 1.29 bits per heavy atom. The minimum absolute atomic E-state index is 0.0267. The minimum atomic E-state index is -0.909. The third-order valence-corrected chi connectivity index (χ3v) is 5.26. The molecule has 0 aromatic carbocycles. The second kappa shape index (κ2) is 5.31. The molecule has 1 saturated heterocycles. The Morgan fingerprint density at radius 3 is 2.48 bits per heavy atom. The van der Waals surface area contributed by atoms with Crippen molar-refractivity contribution in [1.82, 2.24) is 10.2 Å². The van der Waals surface area contributed by atoms with Gasteiger partial charge in [-0.05, 0) is 31.6 Å². The fourth-order valence-electron chi connectivity index (χ4n) is 3.68. The van der Waals surface area contributed by atoms with Crippen LogP contribution < -0.4 is 5.32 Å². The van der Waals surface area contributed by atoms with E-state index in [1.165, 1.54) is 17.7 Å². The van der Waals surface area contributed by atoms with Gasteiger partial charge in [-0.2, -0.15) is 0 Å². The summed E-state index contributed by atoms with van der Waals surface area (Å²) in [7, 11) is 0. The van der Waals surface area contributed by atoms with Crippen LogP contribution in [0, 0.1) is 11.8 Å². The molecular weight excluding hydrogens is 270 g/mol. The molecule has 2 amide bonds. The van der Waals surface area contributed by atoms with E-state index in [-0.39, 0.29) is 5.91 Å². The molecule has 0 aromatic rings. The van der Waals surface area contributed by atoms with Crippen molar-refractivity contribution < 1.29 is 14.7 Å². The van der Waals surface area contributed by atoms with Crippen LogP contribution in [-0.4, -0.2) is 46.5 Å². The normalized spacial score (nSPS) is 32.0. The zero-order chi connectivity index (χ0) is 15.0. The zero-order valence-electron chi connectivity index (χ0n) is 12.5. The Morgan fingerprint density at radius 2 is 1.90 bits per heavy atom. The number of nitrogens with one attached hydrogen (secondary N) is 1. The zero-order valence-corrected chi connectivity index (χ0v) is 12.5. The maximum absolute atomic E-state index is 12.4. The molecular formula is C15H23N3O3. The first-order valence-electron chi connectivity index (χ1n) is 7.89. The lowest BCUT2D eigenvalue weighted by molar-refractivity contribution is -0.125. The van der Waals surface area contributed by atoms with Gasteiger partial charge >= 0.3 is 6.09 Å². The summed E-state index contributed by atoms with van der Waals surface area (Å²) in [5.41, 5.74) is -0.704. The third kappa shape index (κ3) is 2.63. The van der Waals surface area contributed by atoms with Crippen LogP contribution in [0.4, 0.5) is 4.79 Å². The number of amides is 2. The van der Waals surface area contributed by atoms with Crippen molar-refractivity contribution in [3.63, 3.8) is 0 Å². The molecule has 2 aliphatic heterocycles. The van der Waals surface area contributed by atoms with Gasteiger partial charge in [0.15, 0.2) is 0 Å². The molecule has 3 aliphatic rings. The lowest BCUT2D eigenvalue weighted by Gasteiger charge is -2.33. The van der Waals surface area contributed by atoms with Crippen molar-refractivity contribution in [2.45, 2.75) is 51.0 Å². The molecule has 6 heteroatoms. The number of carbonyl (C=O) groups is 2. The molecule has 3 rings (SSSR count). The maximum Gasteiger partial charge on any atom is 0.407 e. The summed E-state index contributed by atoms with van der Waals surface area (Å²) >= 11 is 0. The summed E-state index contributed by atoms with van der Waals surface area (Å²) in [6.07, 6.45) is 4.66. The van der Waals surface area contributed by atoms with Gasteiger partial charge < -0.3 is 15.3 Å². The smallest absolute Gasteiger partial charge is 0.407 e.